The topological polar surface area (TPSA) is 131 Å². The number of Topliss-reactive ketones (excluding diaryl/α,β-unsaturated/α-hetero) is 1. The van der Waals surface area contributed by atoms with Crippen LogP contribution < -0.4 is 20.1 Å². The van der Waals surface area contributed by atoms with E-state index in [1.165, 1.54) is 18.2 Å². The lowest BCUT2D eigenvalue weighted by Gasteiger charge is -2.24. The number of ketones is 1. The maximum absolute atomic E-state index is 12.9. The lowest BCUT2D eigenvalue weighted by atomic mass is 9.97. The van der Waals surface area contributed by atoms with Crippen LogP contribution in [0.1, 0.15) is 70.3 Å². The third kappa shape index (κ3) is 10.6. The Morgan fingerprint density at radius 2 is 1.45 bits per heavy atom. The minimum absolute atomic E-state index is 0. The van der Waals surface area contributed by atoms with Crippen LogP contribution in [0, 0.1) is 10.8 Å². The summed E-state index contributed by atoms with van der Waals surface area (Å²) in [5.41, 5.74) is -0.427. The summed E-state index contributed by atoms with van der Waals surface area (Å²) in [6, 6.07) is 13.3. The average Bonchev–Trinajstić information content (AvgIpc) is 3.43. The molecular weight excluding hydrogens is 630 g/mol. The maximum atomic E-state index is 12.9. The van der Waals surface area contributed by atoms with E-state index in [1.807, 2.05) is 30.3 Å². The fourth-order valence-electron chi connectivity index (χ4n) is 4.26. The van der Waals surface area contributed by atoms with Crippen molar-refractivity contribution < 1.29 is 33.4 Å². The van der Waals surface area contributed by atoms with E-state index in [1.54, 1.807) is 46.4 Å². The van der Waals surface area contributed by atoms with Gasteiger partial charge in [-0.2, -0.15) is 0 Å². The van der Waals surface area contributed by atoms with Gasteiger partial charge in [-0.05, 0) is 78.1 Å². The molecule has 240 valence electrons. The highest BCUT2D eigenvalue weighted by atomic mass is 79.9. The second-order valence-electron chi connectivity index (χ2n) is 12.7. The fraction of sp³-hybridized carbons (Fsp3) is 0.485. The molecule has 10 nitrogen and oxygen atoms in total. The Bertz CT molecular complexity index is 1330. The van der Waals surface area contributed by atoms with Crippen LogP contribution in [0.25, 0.3) is 0 Å². The zero-order chi connectivity index (χ0) is 31.8. The highest BCUT2D eigenvalue weighted by Gasteiger charge is 2.34. The Balaban J connectivity index is 0.00000675. The van der Waals surface area contributed by atoms with E-state index in [0.717, 1.165) is 12.0 Å². The molecule has 0 unspecified atom stereocenters. The Labute approximate surface area is 270 Å². The Morgan fingerprint density at radius 3 is 2.07 bits per heavy atom. The Kier molecular flexibility index (Phi) is 13.3. The number of hydrogen-bond donors (Lipinski definition) is 2. The number of amides is 2. The molecule has 11 heteroatoms. The summed E-state index contributed by atoms with van der Waals surface area (Å²) >= 11 is 0. The normalized spacial score (nSPS) is 14.8. The van der Waals surface area contributed by atoms with Gasteiger partial charge in [-0.15, -0.1) is 17.0 Å². The smallest absolute Gasteiger partial charge is 0.316 e. The lowest BCUT2D eigenvalue weighted by molar-refractivity contribution is -0.145. The molecule has 1 saturated heterocycles. The number of ether oxygens (including phenoxy) is 2. The van der Waals surface area contributed by atoms with Crippen LogP contribution >= 0.6 is 17.0 Å². The predicted octanol–water partition coefficient (Wildman–Crippen LogP) is 4.29. The second-order valence-corrected chi connectivity index (χ2v) is 12.7. The molecule has 0 aliphatic carbocycles. The number of halogens is 1. The number of carbonyl (C=O) groups excluding carboxylic acids is 5. The summed E-state index contributed by atoms with van der Waals surface area (Å²) in [4.78, 5) is 65.2. The van der Waals surface area contributed by atoms with Crippen LogP contribution in [0.3, 0.4) is 0 Å². The van der Waals surface area contributed by atoms with Crippen LogP contribution in [0.15, 0.2) is 48.5 Å². The molecule has 0 saturated carbocycles. The monoisotopic (exact) mass is 673 g/mol. The number of nitrogens with one attached hydrogen (secondary N) is 2. The first kappa shape index (κ1) is 36.6. The van der Waals surface area contributed by atoms with Gasteiger partial charge in [-0.25, -0.2) is 0 Å². The van der Waals surface area contributed by atoms with Crippen molar-refractivity contribution in [1.82, 2.24) is 15.5 Å². The van der Waals surface area contributed by atoms with E-state index >= 15 is 0 Å². The van der Waals surface area contributed by atoms with Crippen molar-refractivity contribution in [3.8, 4) is 11.5 Å². The molecule has 2 aromatic carbocycles. The SMILES string of the molecule is Br.CC(C)(C)C(=O)Oc1ccc(C(=O)CNCCNC(=O)[C@H]2CCCN2C(=O)Cc2ccccc2)cc1OC(=O)C(C)(C)C. The first-order valence-electron chi connectivity index (χ1n) is 14.6. The van der Waals surface area contributed by atoms with Gasteiger partial charge in [0.15, 0.2) is 17.3 Å². The number of benzene rings is 2. The predicted molar refractivity (Wildman–Crippen MR) is 172 cm³/mol. The molecule has 0 bridgehead atoms. The van der Waals surface area contributed by atoms with Gasteiger partial charge < -0.3 is 25.0 Å². The standard InChI is InChI=1S/C33H43N3O7.BrH/c1-32(2,3)30(40)42-26-15-14-23(20-27(26)43-31(41)33(4,5)6)25(37)21-34-16-17-35-29(39)24-13-10-18-36(24)28(38)19-22-11-8-7-9-12-22;/h7-9,11-12,14-15,20,24,34H,10,13,16-19,21H2,1-6H3,(H,35,39);1H/t24-;/m1./s1. The van der Waals surface area contributed by atoms with Crippen molar-refractivity contribution >= 4 is 46.5 Å². The van der Waals surface area contributed by atoms with Gasteiger partial charge in [0, 0.05) is 25.2 Å². The highest BCUT2D eigenvalue weighted by molar-refractivity contribution is 8.93. The minimum atomic E-state index is -0.817. The first-order chi connectivity index (χ1) is 20.2. The summed E-state index contributed by atoms with van der Waals surface area (Å²) in [5, 5.41) is 5.87. The molecular formula is C33H44BrN3O7. The van der Waals surface area contributed by atoms with Gasteiger partial charge in [-0.3, -0.25) is 24.0 Å². The largest absolute Gasteiger partial charge is 0.422 e. The zero-order valence-electron chi connectivity index (χ0n) is 26.4. The van der Waals surface area contributed by atoms with Crippen molar-refractivity contribution in [2.24, 2.45) is 10.8 Å². The summed E-state index contributed by atoms with van der Waals surface area (Å²) in [5.74, 6) is -1.57. The van der Waals surface area contributed by atoms with Gasteiger partial charge in [0.05, 0.1) is 23.8 Å². The molecule has 1 fully saturated rings. The minimum Gasteiger partial charge on any atom is -0.422 e. The quantitative estimate of drug-likeness (QED) is 0.156. The molecule has 0 aromatic heterocycles. The third-order valence-corrected chi connectivity index (χ3v) is 6.86. The summed E-state index contributed by atoms with van der Waals surface area (Å²) in [6.45, 7) is 11.3. The van der Waals surface area contributed by atoms with Gasteiger partial charge >= 0.3 is 11.9 Å². The van der Waals surface area contributed by atoms with E-state index in [-0.39, 0.29) is 71.2 Å². The van der Waals surface area contributed by atoms with Crippen LogP contribution in [0.2, 0.25) is 0 Å². The average molecular weight is 675 g/mol. The fourth-order valence-corrected chi connectivity index (χ4v) is 4.26. The molecule has 2 aromatic rings. The van der Waals surface area contributed by atoms with Crippen LogP contribution in [-0.4, -0.2) is 66.7 Å². The van der Waals surface area contributed by atoms with E-state index in [2.05, 4.69) is 10.6 Å². The van der Waals surface area contributed by atoms with Gasteiger partial charge in [0.25, 0.3) is 0 Å². The molecule has 1 aliphatic heterocycles. The number of carbonyl (C=O) groups is 5. The molecule has 0 spiro atoms. The Hall–Kier alpha value is -3.57. The van der Waals surface area contributed by atoms with Gasteiger partial charge in [-0.1, -0.05) is 30.3 Å². The number of hydrogen-bond acceptors (Lipinski definition) is 8. The van der Waals surface area contributed by atoms with Gasteiger partial charge in [0.1, 0.15) is 6.04 Å². The number of nitrogens with zero attached hydrogens (tertiary/aromatic N) is 1. The molecule has 1 atom stereocenters. The molecule has 2 N–H and O–H groups in total. The van der Waals surface area contributed by atoms with Crippen molar-refractivity contribution in [2.45, 2.75) is 66.8 Å². The van der Waals surface area contributed by atoms with Gasteiger partial charge in [0.2, 0.25) is 11.8 Å². The number of rotatable bonds is 11. The van der Waals surface area contributed by atoms with Crippen molar-refractivity contribution in [2.75, 3.05) is 26.2 Å². The summed E-state index contributed by atoms with van der Waals surface area (Å²) in [7, 11) is 0. The maximum Gasteiger partial charge on any atom is 0.316 e. The van der Waals surface area contributed by atoms with E-state index < -0.39 is 28.8 Å². The van der Waals surface area contributed by atoms with Crippen LogP contribution in [0.5, 0.6) is 11.5 Å². The second kappa shape index (κ2) is 15.9. The lowest BCUT2D eigenvalue weighted by Crippen LogP contribution is -2.47. The highest BCUT2D eigenvalue weighted by Crippen LogP contribution is 2.32. The van der Waals surface area contributed by atoms with Crippen molar-refractivity contribution in [3.63, 3.8) is 0 Å². The van der Waals surface area contributed by atoms with Crippen LogP contribution in [-0.2, 0) is 25.6 Å². The first-order valence-corrected chi connectivity index (χ1v) is 14.6. The van der Waals surface area contributed by atoms with E-state index in [9.17, 15) is 24.0 Å². The number of esters is 2. The zero-order valence-corrected chi connectivity index (χ0v) is 28.1. The molecule has 1 heterocycles. The van der Waals surface area contributed by atoms with Crippen molar-refractivity contribution in [1.29, 1.82) is 0 Å². The molecule has 44 heavy (non-hydrogen) atoms. The molecule has 2 amide bonds. The van der Waals surface area contributed by atoms with Crippen molar-refractivity contribution in [3.05, 3.63) is 59.7 Å². The van der Waals surface area contributed by atoms with E-state index in [0.29, 0.717) is 19.5 Å². The molecule has 0 radical (unpaired) electrons. The number of likely N-dealkylation sites (tertiary alicyclic amines) is 1. The Morgan fingerprint density at radius 1 is 0.841 bits per heavy atom. The molecule has 1 aliphatic rings. The van der Waals surface area contributed by atoms with E-state index in [4.69, 9.17) is 9.47 Å². The summed E-state index contributed by atoms with van der Waals surface area (Å²) < 4.78 is 11.0. The third-order valence-electron chi connectivity index (χ3n) is 6.86. The summed E-state index contributed by atoms with van der Waals surface area (Å²) in [6.07, 6.45) is 1.64. The molecule has 3 rings (SSSR count). The van der Waals surface area contributed by atoms with Crippen LogP contribution in [0.4, 0.5) is 0 Å².